The molecule has 4 atom stereocenters. The van der Waals surface area contributed by atoms with Crippen molar-refractivity contribution in [2.45, 2.75) is 38.0 Å². The smallest absolute Gasteiger partial charge is 0.123 e. The Morgan fingerprint density at radius 2 is 1.97 bits per heavy atom. The Kier molecular flexibility index (Phi) is 5.01. The normalized spacial score (nSPS) is 26.7. The number of H-pyrrole nitrogens is 1. The lowest BCUT2D eigenvalue weighted by molar-refractivity contribution is 0.249. The van der Waals surface area contributed by atoms with Gasteiger partial charge in [0.25, 0.3) is 0 Å². The number of aromatic nitrogens is 3. The molecule has 1 aromatic carbocycles. The van der Waals surface area contributed by atoms with E-state index in [2.05, 4.69) is 27.1 Å². The van der Waals surface area contributed by atoms with Crippen molar-refractivity contribution in [2.24, 2.45) is 17.8 Å². The van der Waals surface area contributed by atoms with Gasteiger partial charge in [0.1, 0.15) is 11.6 Å². The number of hydrogen-bond donors (Lipinski definition) is 1. The fourth-order valence-corrected chi connectivity index (χ4v) is 5.42. The molecule has 4 heteroatoms. The van der Waals surface area contributed by atoms with Crippen molar-refractivity contribution in [3.63, 3.8) is 0 Å². The van der Waals surface area contributed by atoms with Crippen molar-refractivity contribution in [1.82, 2.24) is 15.0 Å². The summed E-state index contributed by atoms with van der Waals surface area (Å²) in [6.07, 6.45) is 16.8. The summed E-state index contributed by atoms with van der Waals surface area (Å²) in [6, 6.07) is 10.7. The summed E-state index contributed by atoms with van der Waals surface area (Å²) in [6.45, 7) is 0. The number of aromatic amines is 1. The number of allylic oxidation sites excluding steroid dienone is 1. The van der Waals surface area contributed by atoms with E-state index < -0.39 is 0 Å². The molecule has 0 unspecified atom stereocenters. The molecule has 2 aliphatic carbocycles. The minimum Gasteiger partial charge on any atom is -0.348 e. The van der Waals surface area contributed by atoms with Crippen LogP contribution in [-0.4, -0.2) is 15.0 Å². The number of imidazole rings is 1. The SMILES string of the molecule is Fc1cccc(-c2ccc(/C=C/[C@H]3[C@@H]4CCCC[C@@H]4C[C@@H]3c3ncc[nH]3)nc2)c1. The van der Waals surface area contributed by atoms with Crippen LogP contribution in [0, 0.1) is 23.6 Å². The molecule has 2 heterocycles. The standard InChI is InChI=1S/C25H26FN3/c26-20-6-3-5-17(14-20)19-8-9-21(29-16-19)10-11-23-22-7-2-1-4-18(22)15-24(23)25-27-12-13-28-25/h3,5-6,8-14,16,18,22-24H,1-2,4,7,15H2,(H,27,28)/b11-10+/t18-,22-,23+,24+/m1/s1. The van der Waals surface area contributed by atoms with E-state index in [1.54, 1.807) is 12.1 Å². The molecule has 2 aromatic heterocycles. The van der Waals surface area contributed by atoms with E-state index in [0.717, 1.165) is 34.5 Å². The number of halogens is 1. The van der Waals surface area contributed by atoms with Gasteiger partial charge in [0.05, 0.1) is 5.69 Å². The van der Waals surface area contributed by atoms with Gasteiger partial charge in [-0.05, 0) is 60.4 Å². The van der Waals surface area contributed by atoms with E-state index in [1.807, 2.05) is 36.8 Å². The zero-order valence-electron chi connectivity index (χ0n) is 16.5. The Balaban J connectivity index is 1.37. The molecule has 1 N–H and O–H groups in total. The number of nitrogens with one attached hydrogen (secondary N) is 1. The van der Waals surface area contributed by atoms with Gasteiger partial charge in [-0.3, -0.25) is 4.98 Å². The van der Waals surface area contributed by atoms with Gasteiger partial charge < -0.3 is 4.98 Å². The Morgan fingerprint density at radius 3 is 2.76 bits per heavy atom. The van der Waals surface area contributed by atoms with Crippen LogP contribution < -0.4 is 0 Å². The predicted molar refractivity (Wildman–Crippen MR) is 114 cm³/mol. The molecule has 0 amide bonds. The first-order valence-corrected chi connectivity index (χ1v) is 10.7. The van der Waals surface area contributed by atoms with Gasteiger partial charge in [0, 0.05) is 30.1 Å². The minimum absolute atomic E-state index is 0.223. The summed E-state index contributed by atoms with van der Waals surface area (Å²) in [7, 11) is 0. The van der Waals surface area contributed by atoms with Gasteiger partial charge in [-0.15, -0.1) is 0 Å². The van der Waals surface area contributed by atoms with E-state index in [0.29, 0.717) is 11.8 Å². The maximum atomic E-state index is 13.5. The van der Waals surface area contributed by atoms with Crippen LogP contribution in [0.25, 0.3) is 17.2 Å². The first-order chi connectivity index (χ1) is 14.3. The molecule has 2 aliphatic rings. The van der Waals surface area contributed by atoms with Crippen molar-refractivity contribution in [3.05, 3.63) is 78.4 Å². The highest BCUT2D eigenvalue weighted by Gasteiger charge is 2.44. The summed E-state index contributed by atoms with van der Waals surface area (Å²) >= 11 is 0. The molecule has 5 rings (SSSR count). The van der Waals surface area contributed by atoms with E-state index in [4.69, 9.17) is 0 Å². The lowest BCUT2D eigenvalue weighted by Gasteiger charge is -2.28. The first kappa shape index (κ1) is 18.3. The van der Waals surface area contributed by atoms with Crippen molar-refractivity contribution in [1.29, 1.82) is 0 Å². The quantitative estimate of drug-likeness (QED) is 0.576. The molecule has 2 saturated carbocycles. The van der Waals surface area contributed by atoms with Crippen LogP contribution in [0.1, 0.15) is 49.5 Å². The Bertz CT molecular complexity index is 978. The minimum atomic E-state index is -0.223. The van der Waals surface area contributed by atoms with E-state index in [1.165, 1.54) is 38.2 Å². The average Bonchev–Trinajstić information content (AvgIpc) is 3.40. The molecule has 0 saturated heterocycles. The molecule has 2 fully saturated rings. The Labute approximate surface area is 171 Å². The Morgan fingerprint density at radius 1 is 1.03 bits per heavy atom. The van der Waals surface area contributed by atoms with Crippen LogP contribution >= 0.6 is 0 Å². The van der Waals surface area contributed by atoms with Crippen molar-refractivity contribution in [2.75, 3.05) is 0 Å². The summed E-state index contributed by atoms with van der Waals surface area (Å²) in [5.41, 5.74) is 2.73. The molecular formula is C25H26FN3. The number of rotatable bonds is 4. The largest absolute Gasteiger partial charge is 0.348 e. The second-order valence-corrected chi connectivity index (χ2v) is 8.44. The van der Waals surface area contributed by atoms with Crippen LogP contribution in [0.2, 0.25) is 0 Å². The molecule has 0 bridgehead atoms. The predicted octanol–water partition coefficient (Wildman–Crippen LogP) is 6.23. The summed E-state index contributed by atoms with van der Waals surface area (Å²) in [5, 5.41) is 0. The highest BCUT2D eigenvalue weighted by molar-refractivity contribution is 5.63. The topological polar surface area (TPSA) is 41.6 Å². The Hall–Kier alpha value is -2.75. The summed E-state index contributed by atoms with van der Waals surface area (Å²) < 4.78 is 13.5. The third kappa shape index (κ3) is 3.76. The fraction of sp³-hybridized carbons (Fsp3) is 0.360. The van der Waals surface area contributed by atoms with Crippen LogP contribution in [-0.2, 0) is 0 Å². The molecule has 0 radical (unpaired) electrons. The molecular weight excluding hydrogens is 361 g/mol. The monoisotopic (exact) mass is 387 g/mol. The number of pyridine rings is 1. The maximum absolute atomic E-state index is 13.5. The van der Waals surface area contributed by atoms with Gasteiger partial charge in [0.2, 0.25) is 0 Å². The number of nitrogens with zero attached hydrogens (tertiary/aromatic N) is 2. The number of fused-ring (bicyclic) bond motifs is 1. The van der Waals surface area contributed by atoms with Crippen LogP contribution in [0.4, 0.5) is 4.39 Å². The van der Waals surface area contributed by atoms with Gasteiger partial charge >= 0.3 is 0 Å². The third-order valence-electron chi connectivity index (χ3n) is 6.79. The fourth-order valence-electron chi connectivity index (χ4n) is 5.42. The average molecular weight is 388 g/mol. The van der Waals surface area contributed by atoms with E-state index in [-0.39, 0.29) is 5.82 Å². The second-order valence-electron chi connectivity index (χ2n) is 8.44. The zero-order valence-corrected chi connectivity index (χ0v) is 16.5. The lowest BCUT2D eigenvalue weighted by Crippen LogP contribution is -2.19. The molecule has 3 nitrogen and oxygen atoms in total. The van der Waals surface area contributed by atoms with Crippen molar-refractivity contribution < 1.29 is 4.39 Å². The highest BCUT2D eigenvalue weighted by atomic mass is 19.1. The van der Waals surface area contributed by atoms with E-state index in [9.17, 15) is 4.39 Å². The summed E-state index contributed by atoms with van der Waals surface area (Å²) in [4.78, 5) is 12.5. The molecule has 148 valence electrons. The van der Waals surface area contributed by atoms with Gasteiger partial charge in [-0.1, -0.05) is 43.5 Å². The number of benzene rings is 1. The van der Waals surface area contributed by atoms with Gasteiger partial charge in [-0.25, -0.2) is 9.37 Å². The second kappa shape index (κ2) is 7.94. The maximum Gasteiger partial charge on any atom is 0.123 e. The molecule has 3 aromatic rings. The van der Waals surface area contributed by atoms with Crippen molar-refractivity contribution in [3.8, 4) is 11.1 Å². The van der Waals surface area contributed by atoms with Crippen LogP contribution in [0.5, 0.6) is 0 Å². The molecule has 29 heavy (non-hydrogen) atoms. The first-order valence-electron chi connectivity index (χ1n) is 10.7. The zero-order chi connectivity index (χ0) is 19.6. The molecule has 0 spiro atoms. The van der Waals surface area contributed by atoms with Gasteiger partial charge in [-0.2, -0.15) is 0 Å². The summed E-state index contributed by atoms with van der Waals surface area (Å²) in [5.74, 6) is 3.46. The van der Waals surface area contributed by atoms with E-state index >= 15 is 0 Å². The van der Waals surface area contributed by atoms with Crippen LogP contribution in [0.3, 0.4) is 0 Å². The van der Waals surface area contributed by atoms with Gasteiger partial charge in [0.15, 0.2) is 0 Å². The lowest BCUT2D eigenvalue weighted by atomic mass is 9.77. The third-order valence-corrected chi connectivity index (χ3v) is 6.79. The highest BCUT2D eigenvalue weighted by Crippen LogP contribution is 2.52. The van der Waals surface area contributed by atoms with Crippen molar-refractivity contribution >= 4 is 6.08 Å². The molecule has 0 aliphatic heterocycles. The number of hydrogen-bond acceptors (Lipinski definition) is 2. The van der Waals surface area contributed by atoms with Crippen LogP contribution in [0.15, 0.2) is 61.1 Å².